The van der Waals surface area contributed by atoms with E-state index in [0.717, 1.165) is 42.7 Å². The van der Waals surface area contributed by atoms with Gasteiger partial charge in [-0.2, -0.15) is 4.31 Å². The highest BCUT2D eigenvalue weighted by Gasteiger charge is 2.33. The van der Waals surface area contributed by atoms with Crippen LogP contribution in [0.5, 0.6) is 0 Å². The molecule has 8 nitrogen and oxygen atoms in total. The van der Waals surface area contributed by atoms with Crippen molar-refractivity contribution in [2.45, 2.75) is 44.4 Å². The van der Waals surface area contributed by atoms with Gasteiger partial charge in [0, 0.05) is 32.1 Å². The molecule has 2 fully saturated rings. The molecule has 0 spiro atoms. The van der Waals surface area contributed by atoms with Crippen LogP contribution in [-0.4, -0.2) is 57.9 Å². The monoisotopic (exact) mass is 499 g/mol. The van der Waals surface area contributed by atoms with Crippen LogP contribution in [0.1, 0.15) is 47.2 Å². The van der Waals surface area contributed by atoms with E-state index in [2.05, 4.69) is 10.2 Å². The summed E-state index contributed by atoms with van der Waals surface area (Å²) in [7, 11) is -2.27. The molecule has 188 valence electrons. The molecule has 0 aliphatic carbocycles. The molecule has 35 heavy (non-hydrogen) atoms. The van der Waals surface area contributed by atoms with Crippen LogP contribution in [0, 0.1) is 19.8 Å². The summed E-state index contributed by atoms with van der Waals surface area (Å²) in [6.07, 6.45) is 3.04. The van der Waals surface area contributed by atoms with Crippen molar-refractivity contribution in [2.75, 3.05) is 43.5 Å². The fraction of sp³-hybridized carbons (Fsp3) is 0.462. The highest BCUT2D eigenvalue weighted by atomic mass is 32.2. The van der Waals surface area contributed by atoms with Crippen molar-refractivity contribution in [1.82, 2.24) is 4.31 Å². The van der Waals surface area contributed by atoms with E-state index in [4.69, 9.17) is 4.74 Å². The Hall–Kier alpha value is -2.91. The van der Waals surface area contributed by atoms with Gasteiger partial charge in [-0.25, -0.2) is 13.2 Å². The molecule has 0 bridgehead atoms. The Morgan fingerprint density at radius 2 is 1.63 bits per heavy atom. The predicted molar refractivity (Wildman–Crippen MR) is 135 cm³/mol. The maximum Gasteiger partial charge on any atom is 0.337 e. The van der Waals surface area contributed by atoms with Gasteiger partial charge in [0.2, 0.25) is 15.9 Å². The average molecular weight is 500 g/mol. The maximum atomic E-state index is 13.2. The van der Waals surface area contributed by atoms with Crippen LogP contribution in [-0.2, 0) is 19.6 Å². The van der Waals surface area contributed by atoms with Crippen molar-refractivity contribution in [2.24, 2.45) is 5.92 Å². The van der Waals surface area contributed by atoms with Gasteiger partial charge in [0.15, 0.2) is 0 Å². The highest BCUT2D eigenvalue weighted by molar-refractivity contribution is 7.89. The van der Waals surface area contributed by atoms with Gasteiger partial charge in [0.05, 0.1) is 28.9 Å². The van der Waals surface area contributed by atoms with Crippen LogP contribution in [0.3, 0.4) is 0 Å². The van der Waals surface area contributed by atoms with Crippen molar-refractivity contribution in [3.8, 4) is 0 Å². The first-order valence-corrected chi connectivity index (χ1v) is 13.5. The lowest BCUT2D eigenvalue weighted by atomic mass is 9.97. The predicted octanol–water partition coefficient (Wildman–Crippen LogP) is 3.73. The Bertz CT molecular complexity index is 1210. The average Bonchev–Trinajstić information content (AvgIpc) is 3.40. The van der Waals surface area contributed by atoms with E-state index < -0.39 is 16.0 Å². The molecule has 1 N–H and O–H groups in total. The summed E-state index contributed by atoms with van der Waals surface area (Å²) >= 11 is 0. The number of carbonyl (C=O) groups excluding carboxylic acids is 2. The molecule has 0 saturated carbocycles. The van der Waals surface area contributed by atoms with Crippen LogP contribution in [0.4, 0.5) is 11.4 Å². The zero-order chi connectivity index (χ0) is 25.2. The number of methoxy groups -OCH3 is 1. The van der Waals surface area contributed by atoms with Crippen LogP contribution in [0.15, 0.2) is 41.3 Å². The molecular weight excluding hydrogens is 466 g/mol. The normalized spacial score (nSPS) is 17.4. The van der Waals surface area contributed by atoms with E-state index in [-0.39, 0.29) is 24.9 Å². The number of nitrogens with zero attached hydrogens (tertiary/aromatic N) is 2. The van der Waals surface area contributed by atoms with Crippen molar-refractivity contribution in [3.05, 3.63) is 53.1 Å². The molecule has 2 heterocycles. The molecule has 1 amide bonds. The number of benzene rings is 2. The number of hydrogen-bond donors (Lipinski definition) is 1. The van der Waals surface area contributed by atoms with Crippen LogP contribution in [0.25, 0.3) is 0 Å². The van der Waals surface area contributed by atoms with Gasteiger partial charge in [-0.15, -0.1) is 0 Å². The van der Waals surface area contributed by atoms with Gasteiger partial charge in [-0.05, 0) is 81.0 Å². The first-order valence-electron chi connectivity index (χ1n) is 12.1. The zero-order valence-corrected chi connectivity index (χ0v) is 21.4. The number of ether oxygens (including phenoxy) is 1. The van der Waals surface area contributed by atoms with Gasteiger partial charge in [-0.3, -0.25) is 4.79 Å². The first-order chi connectivity index (χ1) is 16.7. The van der Waals surface area contributed by atoms with Crippen molar-refractivity contribution in [1.29, 1.82) is 0 Å². The summed E-state index contributed by atoms with van der Waals surface area (Å²) in [5.41, 5.74) is 3.83. The van der Waals surface area contributed by atoms with Gasteiger partial charge < -0.3 is 15.0 Å². The maximum absolute atomic E-state index is 13.2. The summed E-state index contributed by atoms with van der Waals surface area (Å²) in [6.45, 7) is 6.22. The molecule has 0 aromatic heterocycles. The van der Waals surface area contributed by atoms with E-state index >= 15 is 0 Å². The molecule has 2 aromatic carbocycles. The number of carbonyl (C=O) groups is 2. The van der Waals surface area contributed by atoms with Crippen molar-refractivity contribution >= 4 is 33.3 Å². The van der Waals surface area contributed by atoms with Crippen LogP contribution < -0.4 is 10.2 Å². The Kier molecular flexibility index (Phi) is 7.47. The molecule has 0 unspecified atom stereocenters. The minimum atomic E-state index is -3.60. The van der Waals surface area contributed by atoms with E-state index in [0.29, 0.717) is 29.0 Å². The lowest BCUT2D eigenvalue weighted by Gasteiger charge is -2.31. The number of rotatable bonds is 6. The van der Waals surface area contributed by atoms with Gasteiger partial charge >= 0.3 is 5.97 Å². The molecule has 2 aliphatic rings. The Morgan fingerprint density at radius 3 is 2.26 bits per heavy atom. The van der Waals surface area contributed by atoms with Crippen LogP contribution in [0.2, 0.25) is 0 Å². The third kappa shape index (κ3) is 5.36. The Morgan fingerprint density at radius 1 is 0.943 bits per heavy atom. The molecule has 2 aliphatic heterocycles. The summed E-state index contributed by atoms with van der Waals surface area (Å²) in [6, 6.07) is 10.4. The Balaban J connectivity index is 1.46. The number of esters is 1. The van der Waals surface area contributed by atoms with E-state index in [1.54, 1.807) is 24.3 Å². The van der Waals surface area contributed by atoms with E-state index in [9.17, 15) is 18.0 Å². The smallest absolute Gasteiger partial charge is 0.337 e. The number of hydrogen-bond acceptors (Lipinski definition) is 6. The van der Waals surface area contributed by atoms with E-state index in [1.807, 2.05) is 26.0 Å². The number of piperidine rings is 1. The van der Waals surface area contributed by atoms with Gasteiger partial charge in [-0.1, -0.05) is 6.07 Å². The highest BCUT2D eigenvalue weighted by Crippen LogP contribution is 2.32. The van der Waals surface area contributed by atoms with Gasteiger partial charge in [0.1, 0.15) is 0 Å². The molecule has 2 saturated heterocycles. The summed E-state index contributed by atoms with van der Waals surface area (Å²) in [5, 5.41) is 3.02. The fourth-order valence-corrected chi connectivity index (χ4v) is 6.29. The number of sulfonamides is 1. The van der Waals surface area contributed by atoms with Gasteiger partial charge in [0.25, 0.3) is 0 Å². The third-order valence-electron chi connectivity index (χ3n) is 7.06. The first kappa shape index (κ1) is 25.2. The minimum Gasteiger partial charge on any atom is -0.465 e. The van der Waals surface area contributed by atoms with Crippen molar-refractivity contribution in [3.63, 3.8) is 0 Å². The second-order valence-corrected chi connectivity index (χ2v) is 11.3. The Labute approximate surface area is 207 Å². The lowest BCUT2D eigenvalue weighted by Crippen LogP contribution is -2.41. The third-order valence-corrected chi connectivity index (χ3v) is 8.96. The standard InChI is InChI=1S/C26H33N3O5S/c1-18-6-8-22(16-19(18)2)35(32,33)29-14-10-20(11-15-29)25(30)27-23-17-21(26(31)34-3)7-9-24(23)28-12-4-5-13-28/h6-9,16-17,20H,4-5,10-15H2,1-3H3,(H,27,30). The van der Waals surface area contributed by atoms with E-state index in [1.165, 1.54) is 11.4 Å². The van der Waals surface area contributed by atoms with Crippen molar-refractivity contribution < 1.29 is 22.7 Å². The number of anilines is 2. The number of nitrogens with one attached hydrogen (secondary N) is 1. The zero-order valence-electron chi connectivity index (χ0n) is 20.5. The molecule has 2 aromatic rings. The summed E-state index contributed by atoms with van der Waals surface area (Å²) in [5.74, 6) is -0.927. The molecule has 9 heteroatoms. The molecule has 0 radical (unpaired) electrons. The largest absolute Gasteiger partial charge is 0.465 e. The topological polar surface area (TPSA) is 96.0 Å². The molecular formula is C26H33N3O5S. The number of amides is 1. The summed E-state index contributed by atoms with van der Waals surface area (Å²) < 4.78 is 32.5. The molecule has 4 rings (SSSR count). The number of aryl methyl sites for hydroxylation is 2. The second kappa shape index (κ2) is 10.4. The summed E-state index contributed by atoms with van der Waals surface area (Å²) in [4.78, 5) is 27.7. The minimum absolute atomic E-state index is 0.157. The second-order valence-electron chi connectivity index (χ2n) is 9.33. The quantitative estimate of drug-likeness (QED) is 0.609. The van der Waals surface area contributed by atoms with Crippen LogP contribution >= 0.6 is 0 Å². The molecule has 0 atom stereocenters. The lowest BCUT2D eigenvalue weighted by molar-refractivity contribution is -0.120. The fourth-order valence-electron chi connectivity index (χ4n) is 4.73. The SMILES string of the molecule is COC(=O)c1ccc(N2CCCC2)c(NC(=O)C2CCN(S(=O)(=O)c3ccc(C)c(C)c3)CC2)c1.